The van der Waals surface area contributed by atoms with Gasteiger partial charge in [0.1, 0.15) is 17.2 Å². The summed E-state index contributed by atoms with van der Waals surface area (Å²) >= 11 is 1.04. The quantitative estimate of drug-likeness (QED) is 0.669. The molecule has 1 aromatic rings. The third-order valence-electron chi connectivity index (χ3n) is 2.71. The fourth-order valence-corrected chi connectivity index (χ4v) is 2.43. The number of nitrogens with zero attached hydrogens (tertiary/aromatic N) is 1. The van der Waals surface area contributed by atoms with Crippen LogP contribution >= 0.6 is 11.8 Å². The van der Waals surface area contributed by atoms with E-state index in [1.165, 1.54) is 14.2 Å². The van der Waals surface area contributed by atoms with Gasteiger partial charge < -0.3 is 19.5 Å². The molecule has 22 heavy (non-hydrogen) atoms. The Morgan fingerprint density at radius 2 is 2.05 bits per heavy atom. The molecule has 2 rings (SSSR count). The molecule has 0 saturated carbocycles. The summed E-state index contributed by atoms with van der Waals surface area (Å²) in [5.41, 5.74) is 0.504. The molecule has 0 spiro atoms. The maximum atomic E-state index is 11.8. The van der Waals surface area contributed by atoms with Crippen LogP contribution in [0.25, 0.3) is 0 Å². The molecular weight excluding hydrogens is 308 g/mol. The van der Waals surface area contributed by atoms with Gasteiger partial charge in [0.2, 0.25) is 0 Å². The molecule has 7 nitrogen and oxygen atoms in total. The lowest BCUT2D eigenvalue weighted by atomic mass is 10.3. The van der Waals surface area contributed by atoms with Gasteiger partial charge in [-0.05, 0) is 23.9 Å². The second kappa shape index (κ2) is 6.99. The van der Waals surface area contributed by atoms with Crippen LogP contribution in [-0.2, 0) is 14.3 Å². The topological polar surface area (TPSA) is 86.2 Å². The zero-order chi connectivity index (χ0) is 16.1. The van der Waals surface area contributed by atoms with Crippen LogP contribution in [0.1, 0.15) is 0 Å². The molecular formula is C14H14N2O5S. The molecule has 1 amide bonds. The second-order valence-electron chi connectivity index (χ2n) is 4.04. The zero-order valence-corrected chi connectivity index (χ0v) is 13.0. The largest absolute Gasteiger partial charge is 0.497 e. The average molecular weight is 322 g/mol. The van der Waals surface area contributed by atoms with Gasteiger partial charge in [-0.1, -0.05) is 0 Å². The Morgan fingerprint density at radius 1 is 1.27 bits per heavy atom. The minimum Gasteiger partial charge on any atom is -0.497 e. The molecule has 8 heteroatoms. The summed E-state index contributed by atoms with van der Waals surface area (Å²) in [6.07, 6.45) is 1.12. The number of methoxy groups -OCH3 is 3. The monoisotopic (exact) mass is 322 g/mol. The average Bonchev–Trinajstić information content (AvgIpc) is 2.86. The summed E-state index contributed by atoms with van der Waals surface area (Å²) in [5.74, 6) is 0.141. The second-order valence-corrected chi connectivity index (χ2v) is 5.07. The Bertz CT molecular complexity index is 669. The van der Waals surface area contributed by atoms with Crippen LogP contribution in [-0.4, -0.2) is 38.4 Å². The molecule has 0 aliphatic carbocycles. The number of nitrogens with one attached hydrogen (secondary N) is 1. The summed E-state index contributed by atoms with van der Waals surface area (Å²) in [4.78, 5) is 27.5. The SMILES string of the molecule is COC(=O)C=C1SC(=Nc2cc(OC)ccc2OC)NC1=O. The normalized spacial score (nSPS) is 17.5. The van der Waals surface area contributed by atoms with E-state index in [0.29, 0.717) is 22.4 Å². The molecule has 1 heterocycles. The van der Waals surface area contributed by atoms with Gasteiger partial charge in [-0.3, -0.25) is 4.79 Å². The third kappa shape index (κ3) is 3.59. The van der Waals surface area contributed by atoms with Crippen LogP contribution in [0.15, 0.2) is 34.2 Å². The maximum Gasteiger partial charge on any atom is 0.331 e. The number of benzene rings is 1. The molecule has 0 aromatic heterocycles. The van der Waals surface area contributed by atoms with Crippen LogP contribution in [0.5, 0.6) is 11.5 Å². The summed E-state index contributed by atoms with van der Waals surface area (Å²) < 4.78 is 14.8. The number of ether oxygens (including phenoxy) is 3. The molecule has 0 bridgehead atoms. The van der Waals surface area contributed by atoms with Crippen molar-refractivity contribution in [2.24, 2.45) is 4.99 Å². The van der Waals surface area contributed by atoms with Crippen molar-refractivity contribution in [2.75, 3.05) is 21.3 Å². The van der Waals surface area contributed by atoms with E-state index in [1.807, 2.05) is 0 Å². The standard InChI is InChI=1S/C14H14N2O5S/c1-19-8-4-5-10(20-2)9(6-8)15-14-16-13(18)11(22-14)7-12(17)21-3/h4-7H,1-3H3,(H,15,16,18). The Morgan fingerprint density at radius 3 is 2.68 bits per heavy atom. The fourth-order valence-electron chi connectivity index (χ4n) is 1.64. The lowest BCUT2D eigenvalue weighted by molar-refractivity contribution is -0.135. The van der Waals surface area contributed by atoms with E-state index >= 15 is 0 Å². The van der Waals surface area contributed by atoms with E-state index in [4.69, 9.17) is 9.47 Å². The third-order valence-corrected chi connectivity index (χ3v) is 3.62. The smallest absolute Gasteiger partial charge is 0.331 e. The number of thioether (sulfide) groups is 1. The predicted molar refractivity (Wildman–Crippen MR) is 82.5 cm³/mol. The highest BCUT2D eigenvalue weighted by atomic mass is 32.2. The predicted octanol–water partition coefficient (Wildman–Crippen LogP) is 1.61. The molecule has 1 aliphatic heterocycles. The lowest BCUT2D eigenvalue weighted by Gasteiger charge is -2.07. The van der Waals surface area contributed by atoms with Gasteiger partial charge in [-0.2, -0.15) is 0 Å². The number of carbonyl (C=O) groups excluding carboxylic acids is 2. The van der Waals surface area contributed by atoms with E-state index in [1.54, 1.807) is 25.3 Å². The molecule has 1 N–H and O–H groups in total. The number of amidine groups is 1. The first-order chi connectivity index (χ1) is 10.6. The highest BCUT2D eigenvalue weighted by molar-refractivity contribution is 8.18. The molecule has 116 valence electrons. The molecule has 1 fully saturated rings. The van der Waals surface area contributed by atoms with Crippen molar-refractivity contribution in [1.29, 1.82) is 0 Å². The Hall–Kier alpha value is -2.48. The van der Waals surface area contributed by atoms with Gasteiger partial charge in [0.25, 0.3) is 5.91 Å². The van der Waals surface area contributed by atoms with Gasteiger partial charge in [0.15, 0.2) is 5.17 Å². The first-order valence-electron chi connectivity index (χ1n) is 6.17. The Kier molecular flexibility index (Phi) is 5.05. The van der Waals surface area contributed by atoms with E-state index in [0.717, 1.165) is 17.8 Å². The number of amides is 1. The van der Waals surface area contributed by atoms with Crippen LogP contribution in [0.3, 0.4) is 0 Å². The van der Waals surface area contributed by atoms with Gasteiger partial charge in [-0.15, -0.1) is 0 Å². The molecule has 0 atom stereocenters. The molecule has 1 saturated heterocycles. The van der Waals surface area contributed by atoms with Gasteiger partial charge in [0, 0.05) is 12.1 Å². The maximum absolute atomic E-state index is 11.8. The highest BCUT2D eigenvalue weighted by Crippen LogP contribution is 2.34. The van der Waals surface area contributed by atoms with Crippen molar-refractivity contribution in [2.45, 2.75) is 0 Å². The number of aliphatic imine (C=N–C) groups is 1. The van der Waals surface area contributed by atoms with E-state index in [2.05, 4.69) is 15.0 Å². The Labute approximate surface area is 131 Å². The molecule has 0 unspecified atom stereocenters. The van der Waals surface area contributed by atoms with Crippen LogP contribution < -0.4 is 14.8 Å². The van der Waals surface area contributed by atoms with Crippen molar-refractivity contribution in [3.63, 3.8) is 0 Å². The van der Waals surface area contributed by atoms with Crippen molar-refractivity contribution >= 4 is 34.5 Å². The number of hydrogen-bond acceptors (Lipinski definition) is 7. The first-order valence-corrected chi connectivity index (χ1v) is 6.98. The summed E-state index contributed by atoms with van der Waals surface area (Å²) in [7, 11) is 4.31. The number of rotatable bonds is 4. The summed E-state index contributed by atoms with van der Waals surface area (Å²) in [6, 6.07) is 5.14. The van der Waals surface area contributed by atoms with Crippen LogP contribution in [0, 0.1) is 0 Å². The van der Waals surface area contributed by atoms with E-state index < -0.39 is 11.9 Å². The number of esters is 1. The first kappa shape index (κ1) is 15.9. The van der Waals surface area contributed by atoms with Crippen molar-refractivity contribution < 1.29 is 23.8 Å². The lowest BCUT2D eigenvalue weighted by Crippen LogP contribution is -2.19. The fraction of sp³-hybridized carbons (Fsp3) is 0.214. The zero-order valence-electron chi connectivity index (χ0n) is 12.2. The molecule has 1 aliphatic rings. The minimum absolute atomic E-state index is 0.215. The van der Waals surface area contributed by atoms with Gasteiger partial charge in [-0.25, -0.2) is 9.79 Å². The summed E-state index contributed by atoms with van der Waals surface area (Å²) in [5, 5.41) is 2.91. The Balaban J connectivity index is 2.29. The van der Waals surface area contributed by atoms with Gasteiger partial charge >= 0.3 is 5.97 Å². The van der Waals surface area contributed by atoms with Crippen LogP contribution in [0.2, 0.25) is 0 Å². The van der Waals surface area contributed by atoms with Crippen LogP contribution in [0.4, 0.5) is 5.69 Å². The van der Waals surface area contributed by atoms with Crippen molar-refractivity contribution in [3.8, 4) is 11.5 Å². The van der Waals surface area contributed by atoms with E-state index in [-0.39, 0.29) is 4.91 Å². The number of hydrogen-bond donors (Lipinski definition) is 1. The molecule has 0 radical (unpaired) electrons. The molecule has 1 aromatic carbocycles. The van der Waals surface area contributed by atoms with Crippen molar-refractivity contribution in [3.05, 3.63) is 29.2 Å². The minimum atomic E-state index is -0.599. The van der Waals surface area contributed by atoms with E-state index in [9.17, 15) is 9.59 Å². The van der Waals surface area contributed by atoms with Crippen molar-refractivity contribution in [1.82, 2.24) is 5.32 Å². The number of carbonyl (C=O) groups is 2. The highest BCUT2D eigenvalue weighted by Gasteiger charge is 2.25. The van der Waals surface area contributed by atoms with Gasteiger partial charge in [0.05, 0.1) is 26.2 Å². The summed E-state index contributed by atoms with van der Waals surface area (Å²) in [6.45, 7) is 0.